The first kappa shape index (κ1) is 9.44. The van der Waals surface area contributed by atoms with Crippen LogP contribution in [0.2, 0.25) is 5.02 Å². The fourth-order valence-corrected chi connectivity index (χ4v) is 1.81. The Kier molecular flexibility index (Phi) is 2.40. The van der Waals surface area contributed by atoms with Gasteiger partial charge in [-0.2, -0.15) is 0 Å². The third kappa shape index (κ3) is 1.47. The molecule has 0 spiro atoms. The molecule has 2 rings (SSSR count). The van der Waals surface area contributed by atoms with Crippen LogP contribution in [0, 0.1) is 6.92 Å². The highest BCUT2D eigenvalue weighted by atomic mass is 35.5. The molecule has 14 heavy (non-hydrogen) atoms. The van der Waals surface area contributed by atoms with Crippen molar-refractivity contribution in [3.8, 4) is 0 Å². The molecule has 2 nitrogen and oxygen atoms in total. The van der Waals surface area contributed by atoms with Gasteiger partial charge in [-0.1, -0.05) is 23.7 Å². The molecule has 1 heterocycles. The average Bonchev–Trinajstić information content (AvgIpc) is 2.18. The largest absolute Gasteiger partial charge is 0.326 e. The molecule has 2 N–H and O–H groups in total. The van der Waals surface area contributed by atoms with Crippen LogP contribution < -0.4 is 5.73 Å². The van der Waals surface area contributed by atoms with Crippen LogP contribution in [0.4, 0.5) is 0 Å². The van der Waals surface area contributed by atoms with E-state index in [2.05, 4.69) is 4.98 Å². The van der Waals surface area contributed by atoms with Gasteiger partial charge in [-0.25, -0.2) is 0 Å². The van der Waals surface area contributed by atoms with Crippen molar-refractivity contribution in [2.75, 3.05) is 0 Å². The van der Waals surface area contributed by atoms with Gasteiger partial charge in [0.1, 0.15) is 0 Å². The van der Waals surface area contributed by atoms with Crippen molar-refractivity contribution in [2.24, 2.45) is 5.73 Å². The summed E-state index contributed by atoms with van der Waals surface area (Å²) in [6.07, 6.45) is 0. The molecule has 0 unspecified atom stereocenters. The predicted octanol–water partition coefficient (Wildman–Crippen LogP) is 2.66. The van der Waals surface area contributed by atoms with E-state index in [1.54, 1.807) is 0 Å². The molecule has 1 aromatic heterocycles. The van der Waals surface area contributed by atoms with E-state index >= 15 is 0 Å². The van der Waals surface area contributed by atoms with Crippen LogP contribution in [-0.2, 0) is 6.54 Å². The Morgan fingerprint density at radius 3 is 2.93 bits per heavy atom. The molecule has 0 atom stereocenters. The molecule has 0 fully saturated rings. The third-order valence-corrected chi connectivity index (χ3v) is 2.53. The lowest BCUT2D eigenvalue weighted by atomic mass is 10.1. The van der Waals surface area contributed by atoms with Crippen molar-refractivity contribution in [1.29, 1.82) is 0 Å². The van der Waals surface area contributed by atoms with E-state index < -0.39 is 0 Å². The summed E-state index contributed by atoms with van der Waals surface area (Å²) in [6, 6.07) is 7.76. The molecule has 0 bridgehead atoms. The number of rotatable bonds is 1. The molecule has 0 aliphatic heterocycles. The van der Waals surface area contributed by atoms with Crippen LogP contribution >= 0.6 is 11.6 Å². The second kappa shape index (κ2) is 3.56. The van der Waals surface area contributed by atoms with Crippen molar-refractivity contribution in [3.05, 3.63) is 40.5 Å². The van der Waals surface area contributed by atoms with E-state index in [-0.39, 0.29) is 0 Å². The average molecular weight is 207 g/mol. The number of aryl methyl sites for hydroxylation is 1. The van der Waals surface area contributed by atoms with E-state index in [4.69, 9.17) is 17.3 Å². The quantitative estimate of drug-likeness (QED) is 0.779. The highest BCUT2D eigenvalue weighted by Gasteiger charge is 2.04. The first-order valence-electron chi connectivity index (χ1n) is 4.47. The Labute approximate surface area is 87.7 Å². The third-order valence-electron chi connectivity index (χ3n) is 2.22. The number of halogens is 1. The normalized spacial score (nSPS) is 10.8. The summed E-state index contributed by atoms with van der Waals surface area (Å²) >= 11 is 6.05. The zero-order valence-corrected chi connectivity index (χ0v) is 8.67. The molecule has 2 aromatic rings. The number of benzene rings is 1. The van der Waals surface area contributed by atoms with Crippen LogP contribution in [0.3, 0.4) is 0 Å². The van der Waals surface area contributed by atoms with Crippen molar-refractivity contribution < 1.29 is 0 Å². The van der Waals surface area contributed by atoms with E-state index in [0.29, 0.717) is 11.6 Å². The number of hydrogen-bond acceptors (Lipinski definition) is 2. The van der Waals surface area contributed by atoms with Crippen molar-refractivity contribution in [1.82, 2.24) is 4.98 Å². The number of fused-ring (bicyclic) bond motifs is 1. The maximum atomic E-state index is 6.05. The second-order valence-electron chi connectivity index (χ2n) is 3.26. The fourth-order valence-electron chi connectivity index (χ4n) is 1.60. The van der Waals surface area contributed by atoms with Crippen LogP contribution in [-0.4, -0.2) is 4.98 Å². The summed E-state index contributed by atoms with van der Waals surface area (Å²) < 4.78 is 0. The van der Waals surface area contributed by atoms with Gasteiger partial charge in [-0.05, 0) is 24.6 Å². The van der Waals surface area contributed by atoms with Gasteiger partial charge in [0, 0.05) is 17.6 Å². The van der Waals surface area contributed by atoms with Crippen LogP contribution in [0.1, 0.15) is 11.3 Å². The highest BCUT2D eigenvalue weighted by molar-refractivity contribution is 6.35. The van der Waals surface area contributed by atoms with Gasteiger partial charge >= 0.3 is 0 Å². The van der Waals surface area contributed by atoms with Gasteiger partial charge in [-0.15, -0.1) is 0 Å². The van der Waals surface area contributed by atoms with Crippen molar-refractivity contribution in [3.63, 3.8) is 0 Å². The Morgan fingerprint density at radius 2 is 2.21 bits per heavy atom. The number of pyridine rings is 1. The maximum absolute atomic E-state index is 6.05. The number of aromatic nitrogens is 1. The second-order valence-corrected chi connectivity index (χ2v) is 3.67. The molecule has 0 saturated heterocycles. The summed E-state index contributed by atoms with van der Waals surface area (Å²) in [6.45, 7) is 2.46. The molecular weight excluding hydrogens is 196 g/mol. The van der Waals surface area contributed by atoms with Crippen LogP contribution in [0.25, 0.3) is 10.9 Å². The molecule has 0 aliphatic rings. The SMILES string of the molecule is Cc1cc(CN)c2cccc(Cl)c2n1. The molecule has 3 heteroatoms. The van der Waals surface area contributed by atoms with E-state index in [9.17, 15) is 0 Å². The first-order valence-corrected chi connectivity index (χ1v) is 4.85. The minimum atomic E-state index is 0.514. The summed E-state index contributed by atoms with van der Waals surface area (Å²) in [5, 5.41) is 1.73. The lowest BCUT2D eigenvalue weighted by molar-refractivity contribution is 1.07. The van der Waals surface area contributed by atoms with Crippen LogP contribution in [0.15, 0.2) is 24.3 Å². The fraction of sp³-hybridized carbons (Fsp3) is 0.182. The monoisotopic (exact) mass is 206 g/mol. The summed E-state index contributed by atoms with van der Waals surface area (Å²) in [5.41, 5.74) is 8.55. The molecule has 0 radical (unpaired) electrons. The maximum Gasteiger partial charge on any atom is 0.0894 e. The number of nitrogens with zero attached hydrogens (tertiary/aromatic N) is 1. The van der Waals surface area contributed by atoms with Gasteiger partial charge in [0.05, 0.1) is 10.5 Å². The van der Waals surface area contributed by atoms with Gasteiger partial charge in [-0.3, -0.25) is 4.98 Å². The molecule has 72 valence electrons. The Hall–Kier alpha value is -1.12. The van der Waals surface area contributed by atoms with E-state index in [1.807, 2.05) is 31.2 Å². The Morgan fingerprint density at radius 1 is 1.43 bits per heavy atom. The molecule has 1 aromatic carbocycles. The Bertz CT molecular complexity index is 480. The zero-order chi connectivity index (χ0) is 10.1. The minimum Gasteiger partial charge on any atom is -0.326 e. The highest BCUT2D eigenvalue weighted by Crippen LogP contribution is 2.24. The van der Waals surface area contributed by atoms with Gasteiger partial charge in [0.25, 0.3) is 0 Å². The smallest absolute Gasteiger partial charge is 0.0894 e. The number of nitrogens with two attached hydrogens (primary N) is 1. The standard InChI is InChI=1S/C11H11ClN2/c1-7-5-8(6-13)9-3-2-4-10(12)11(9)14-7/h2-5H,6,13H2,1H3. The lowest BCUT2D eigenvalue weighted by Crippen LogP contribution is -1.99. The molecule has 0 amide bonds. The summed E-state index contributed by atoms with van der Waals surface area (Å²) in [5.74, 6) is 0. The molecule has 0 saturated carbocycles. The van der Waals surface area contributed by atoms with E-state index in [0.717, 1.165) is 22.2 Å². The van der Waals surface area contributed by atoms with Crippen molar-refractivity contribution >= 4 is 22.5 Å². The predicted molar refractivity (Wildman–Crippen MR) is 59.4 cm³/mol. The number of hydrogen-bond donors (Lipinski definition) is 1. The summed E-state index contributed by atoms with van der Waals surface area (Å²) in [4.78, 5) is 4.40. The lowest BCUT2D eigenvalue weighted by Gasteiger charge is -2.06. The summed E-state index contributed by atoms with van der Waals surface area (Å²) in [7, 11) is 0. The molecular formula is C11H11ClN2. The van der Waals surface area contributed by atoms with Gasteiger partial charge in [0.15, 0.2) is 0 Å². The van der Waals surface area contributed by atoms with E-state index in [1.165, 1.54) is 0 Å². The first-order chi connectivity index (χ1) is 6.72. The minimum absolute atomic E-state index is 0.514. The van der Waals surface area contributed by atoms with Gasteiger partial charge in [0.2, 0.25) is 0 Å². The zero-order valence-electron chi connectivity index (χ0n) is 7.92. The van der Waals surface area contributed by atoms with Gasteiger partial charge < -0.3 is 5.73 Å². The number of para-hydroxylation sites is 1. The van der Waals surface area contributed by atoms with Crippen molar-refractivity contribution in [2.45, 2.75) is 13.5 Å². The Balaban J connectivity index is 2.87. The topological polar surface area (TPSA) is 38.9 Å². The van der Waals surface area contributed by atoms with Crippen LogP contribution in [0.5, 0.6) is 0 Å². The molecule has 0 aliphatic carbocycles.